The van der Waals surface area contributed by atoms with Crippen molar-refractivity contribution >= 4 is 0 Å². The Balaban J connectivity index is 2.09. The molecule has 0 aromatic rings. The monoisotopic (exact) mass is 194 g/mol. The van der Waals surface area contributed by atoms with Gasteiger partial charge in [-0.25, -0.2) is 0 Å². The van der Waals surface area contributed by atoms with Crippen LogP contribution in [-0.4, -0.2) is 0 Å². The molecule has 0 heterocycles. The highest BCUT2D eigenvalue weighted by atomic mass is 14.6. The first-order valence-corrected chi connectivity index (χ1v) is 6.57. The molecule has 2 rings (SSSR count). The minimum absolute atomic E-state index is 0.961. The van der Waals surface area contributed by atoms with Gasteiger partial charge in [0.05, 0.1) is 0 Å². The van der Waals surface area contributed by atoms with E-state index in [9.17, 15) is 0 Å². The van der Waals surface area contributed by atoms with Crippen LogP contribution in [0.3, 0.4) is 0 Å². The van der Waals surface area contributed by atoms with Crippen LogP contribution in [0.4, 0.5) is 0 Å². The maximum Gasteiger partial charge on any atom is -0.0321 e. The molecule has 0 bridgehead atoms. The fourth-order valence-electron chi connectivity index (χ4n) is 4.49. The summed E-state index contributed by atoms with van der Waals surface area (Å²) in [5, 5.41) is 0. The summed E-state index contributed by atoms with van der Waals surface area (Å²) in [7, 11) is 0. The highest BCUT2D eigenvalue weighted by Crippen LogP contribution is 2.61. The van der Waals surface area contributed by atoms with Gasteiger partial charge in [-0.05, 0) is 47.8 Å². The van der Waals surface area contributed by atoms with Crippen LogP contribution in [0.2, 0.25) is 0 Å². The van der Waals surface area contributed by atoms with Crippen LogP contribution in [0, 0.1) is 41.4 Å². The van der Waals surface area contributed by atoms with Crippen LogP contribution in [0.5, 0.6) is 0 Å². The second-order valence-electron chi connectivity index (χ2n) is 6.14. The average Bonchev–Trinajstić information content (AvgIpc) is 2.50. The van der Waals surface area contributed by atoms with Gasteiger partial charge in [0.1, 0.15) is 0 Å². The third kappa shape index (κ3) is 1.26. The molecule has 0 aromatic carbocycles. The zero-order valence-electron chi connectivity index (χ0n) is 10.5. The molecule has 7 unspecified atom stereocenters. The minimum atomic E-state index is 0.961. The Hall–Kier alpha value is 0. The predicted octanol–water partition coefficient (Wildman–Crippen LogP) is 4.21. The van der Waals surface area contributed by atoms with Gasteiger partial charge in [0.25, 0.3) is 0 Å². The van der Waals surface area contributed by atoms with Crippen LogP contribution < -0.4 is 0 Å². The van der Waals surface area contributed by atoms with E-state index in [0.717, 1.165) is 41.4 Å². The van der Waals surface area contributed by atoms with Crippen molar-refractivity contribution in [3.63, 3.8) is 0 Å². The van der Waals surface area contributed by atoms with E-state index in [1.54, 1.807) is 0 Å². The molecule has 0 heteroatoms. The number of rotatable bonds is 2. The number of fused-ring (bicyclic) bond motifs is 1. The molecule has 0 saturated heterocycles. The summed E-state index contributed by atoms with van der Waals surface area (Å²) in [6.45, 7) is 12.3. The van der Waals surface area contributed by atoms with Crippen molar-refractivity contribution in [1.29, 1.82) is 0 Å². The summed E-state index contributed by atoms with van der Waals surface area (Å²) in [6.07, 6.45) is 2.89. The van der Waals surface area contributed by atoms with Crippen molar-refractivity contribution in [2.24, 2.45) is 41.4 Å². The second-order valence-corrected chi connectivity index (χ2v) is 6.14. The molecule has 2 saturated carbocycles. The lowest BCUT2D eigenvalue weighted by atomic mass is 9.55. The highest BCUT2D eigenvalue weighted by molar-refractivity contribution is 5.04. The van der Waals surface area contributed by atoms with Crippen molar-refractivity contribution in [3.05, 3.63) is 0 Å². The Kier molecular flexibility index (Phi) is 2.66. The van der Waals surface area contributed by atoms with Crippen molar-refractivity contribution < 1.29 is 0 Å². The van der Waals surface area contributed by atoms with Gasteiger partial charge in [0, 0.05) is 0 Å². The lowest BCUT2D eigenvalue weighted by Crippen LogP contribution is -2.45. The molecule has 2 fully saturated rings. The van der Waals surface area contributed by atoms with Crippen LogP contribution in [0.15, 0.2) is 0 Å². The summed E-state index contributed by atoms with van der Waals surface area (Å²) >= 11 is 0. The molecule has 0 aromatic heterocycles. The summed E-state index contributed by atoms with van der Waals surface area (Å²) in [5.41, 5.74) is 0. The molecule has 0 amide bonds. The zero-order valence-corrected chi connectivity index (χ0v) is 10.5. The standard InChI is InChI=1S/C14H26/c1-6-8(2)12-7-9(3)13-10(4)11(5)14(12)13/h8-14H,6-7H2,1-5H3. The van der Waals surface area contributed by atoms with Crippen LogP contribution in [-0.2, 0) is 0 Å². The number of hydrogen-bond donors (Lipinski definition) is 0. The zero-order chi connectivity index (χ0) is 10.5. The Labute approximate surface area is 89.5 Å². The molecule has 0 radical (unpaired) electrons. The van der Waals surface area contributed by atoms with E-state index in [1.165, 1.54) is 12.8 Å². The van der Waals surface area contributed by atoms with Gasteiger partial charge in [-0.1, -0.05) is 41.0 Å². The maximum atomic E-state index is 2.49. The van der Waals surface area contributed by atoms with Gasteiger partial charge < -0.3 is 0 Å². The summed E-state index contributed by atoms with van der Waals surface area (Å²) < 4.78 is 0. The van der Waals surface area contributed by atoms with Gasteiger partial charge in [0.2, 0.25) is 0 Å². The van der Waals surface area contributed by atoms with Gasteiger partial charge in [-0.3, -0.25) is 0 Å². The normalized spacial score (nSPS) is 53.8. The van der Waals surface area contributed by atoms with E-state index >= 15 is 0 Å². The Morgan fingerprint density at radius 3 is 2.21 bits per heavy atom. The molecular formula is C14H26. The number of hydrogen-bond acceptors (Lipinski definition) is 0. The lowest BCUT2D eigenvalue weighted by Gasteiger charge is -2.50. The molecule has 7 atom stereocenters. The van der Waals surface area contributed by atoms with Gasteiger partial charge >= 0.3 is 0 Å². The second kappa shape index (κ2) is 3.54. The Bertz CT molecular complexity index is 204. The largest absolute Gasteiger partial charge is 0.0651 e. The first-order valence-electron chi connectivity index (χ1n) is 6.57. The smallest absolute Gasteiger partial charge is 0.0321 e. The van der Waals surface area contributed by atoms with Crippen LogP contribution >= 0.6 is 0 Å². The Morgan fingerprint density at radius 1 is 1.07 bits per heavy atom. The molecule has 0 nitrogen and oxygen atoms in total. The minimum Gasteiger partial charge on any atom is -0.0651 e. The first kappa shape index (κ1) is 10.5. The highest BCUT2D eigenvalue weighted by Gasteiger charge is 2.56. The molecule has 82 valence electrons. The van der Waals surface area contributed by atoms with E-state index in [4.69, 9.17) is 0 Å². The van der Waals surface area contributed by atoms with Gasteiger partial charge in [-0.15, -0.1) is 0 Å². The first-order chi connectivity index (χ1) is 6.57. The lowest BCUT2D eigenvalue weighted by molar-refractivity contribution is -0.0241. The van der Waals surface area contributed by atoms with Crippen molar-refractivity contribution in [1.82, 2.24) is 0 Å². The predicted molar refractivity (Wildman–Crippen MR) is 62.0 cm³/mol. The van der Waals surface area contributed by atoms with Crippen molar-refractivity contribution in [2.75, 3.05) is 0 Å². The van der Waals surface area contributed by atoms with Gasteiger partial charge in [0.15, 0.2) is 0 Å². The summed E-state index contributed by atoms with van der Waals surface area (Å²) in [6, 6.07) is 0. The molecule has 14 heavy (non-hydrogen) atoms. The fourth-order valence-corrected chi connectivity index (χ4v) is 4.49. The summed E-state index contributed by atoms with van der Waals surface area (Å²) in [5.74, 6) is 7.17. The third-order valence-electron chi connectivity index (χ3n) is 5.66. The molecular weight excluding hydrogens is 168 g/mol. The van der Waals surface area contributed by atoms with E-state index in [2.05, 4.69) is 34.6 Å². The molecule has 2 aliphatic rings. The molecule has 0 aliphatic heterocycles. The van der Waals surface area contributed by atoms with Gasteiger partial charge in [-0.2, -0.15) is 0 Å². The molecule has 0 N–H and O–H groups in total. The Morgan fingerprint density at radius 2 is 1.64 bits per heavy atom. The molecule has 0 spiro atoms. The third-order valence-corrected chi connectivity index (χ3v) is 5.66. The quantitative estimate of drug-likeness (QED) is 0.618. The maximum absolute atomic E-state index is 2.49. The van der Waals surface area contributed by atoms with E-state index in [1.807, 2.05) is 0 Å². The van der Waals surface area contributed by atoms with Crippen LogP contribution in [0.25, 0.3) is 0 Å². The van der Waals surface area contributed by atoms with Crippen molar-refractivity contribution in [2.45, 2.75) is 47.5 Å². The SMILES string of the molecule is CCC(C)C1CC(C)C2C(C)C(C)C12. The topological polar surface area (TPSA) is 0 Å². The van der Waals surface area contributed by atoms with Crippen molar-refractivity contribution in [3.8, 4) is 0 Å². The van der Waals surface area contributed by atoms with E-state index < -0.39 is 0 Å². The van der Waals surface area contributed by atoms with E-state index in [0.29, 0.717) is 0 Å². The average molecular weight is 194 g/mol. The molecule has 2 aliphatic carbocycles. The summed E-state index contributed by atoms with van der Waals surface area (Å²) in [4.78, 5) is 0. The van der Waals surface area contributed by atoms with E-state index in [-0.39, 0.29) is 0 Å². The fraction of sp³-hybridized carbons (Fsp3) is 1.00. The van der Waals surface area contributed by atoms with Crippen LogP contribution in [0.1, 0.15) is 47.5 Å².